The molecule has 0 atom stereocenters. The largest absolute Gasteiger partial charge is 0.233 e. The van der Waals surface area contributed by atoms with Crippen LogP contribution >= 0.6 is 11.6 Å². The van der Waals surface area contributed by atoms with Crippen LogP contribution in [0.15, 0.2) is 12.1 Å². The van der Waals surface area contributed by atoms with Crippen LogP contribution in [-0.2, 0) is 6.42 Å². The van der Waals surface area contributed by atoms with E-state index in [1.54, 1.807) is 0 Å². The maximum Gasteiger partial charge on any atom is 0.140 e. The standard InChI is InChI=1S/C12H13ClN2/c1-4-10-14-11-8(3)5-7(2)6-9(11)12(13)15-10/h5-6H,4H2,1-3H3. The Bertz CT molecular complexity index is 521. The van der Waals surface area contributed by atoms with E-state index in [4.69, 9.17) is 11.6 Å². The highest BCUT2D eigenvalue weighted by atomic mass is 35.5. The van der Waals surface area contributed by atoms with E-state index < -0.39 is 0 Å². The van der Waals surface area contributed by atoms with E-state index in [1.807, 2.05) is 13.0 Å². The maximum atomic E-state index is 6.13. The second-order valence-corrected chi connectivity index (χ2v) is 4.12. The molecule has 0 saturated heterocycles. The number of rotatable bonds is 1. The number of fused-ring (bicyclic) bond motifs is 1. The van der Waals surface area contributed by atoms with Crippen molar-refractivity contribution in [3.63, 3.8) is 0 Å². The van der Waals surface area contributed by atoms with Crippen molar-refractivity contribution in [3.8, 4) is 0 Å². The van der Waals surface area contributed by atoms with Gasteiger partial charge in [0.15, 0.2) is 0 Å². The zero-order chi connectivity index (χ0) is 11.0. The highest BCUT2D eigenvalue weighted by Gasteiger charge is 2.07. The lowest BCUT2D eigenvalue weighted by Gasteiger charge is -2.06. The molecule has 1 aromatic carbocycles. The van der Waals surface area contributed by atoms with Crippen molar-refractivity contribution >= 4 is 22.5 Å². The molecule has 78 valence electrons. The molecule has 3 heteroatoms. The Morgan fingerprint density at radius 2 is 1.93 bits per heavy atom. The third-order valence-electron chi connectivity index (χ3n) is 2.45. The van der Waals surface area contributed by atoms with Crippen LogP contribution < -0.4 is 0 Å². The maximum absolute atomic E-state index is 6.13. The molecule has 0 saturated carbocycles. The summed E-state index contributed by atoms with van der Waals surface area (Å²) < 4.78 is 0. The third-order valence-corrected chi connectivity index (χ3v) is 2.74. The molecule has 0 aliphatic heterocycles. The van der Waals surface area contributed by atoms with E-state index in [9.17, 15) is 0 Å². The number of hydrogen-bond acceptors (Lipinski definition) is 2. The minimum absolute atomic E-state index is 0.559. The molecular formula is C12H13ClN2. The molecule has 0 bridgehead atoms. The van der Waals surface area contributed by atoms with Crippen LogP contribution in [0.3, 0.4) is 0 Å². The second kappa shape index (κ2) is 3.78. The highest BCUT2D eigenvalue weighted by Crippen LogP contribution is 2.24. The molecule has 1 aromatic heterocycles. The van der Waals surface area contributed by atoms with Crippen LogP contribution in [0.2, 0.25) is 5.15 Å². The smallest absolute Gasteiger partial charge is 0.140 e. The van der Waals surface area contributed by atoms with Crippen molar-refractivity contribution in [1.82, 2.24) is 9.97 Å². The average molecular weight is 221 g/mol. The van der Waals surface area contributed by atoms with Gasteiger partial charge in [-0.05, 0) is 25.5 Å². The van der Waals surface area contributed by atoms with Crippen molar-refractivity contribution in [3.05, 3.63) is 34.2 Å². The van der Waals surface area contributed by atoms with Gasteiger partial charge in [0.2, 0.25) is 0 Å². The van der Waals surface area contributed by atoms with E-state index >= 15 is 0 Å². The van der Waals surface area contributed by atoms with Gasteiger partial charge in [-0.3, -0.25) is 0 Å². The Kier molecular flexibility index (Phi) is 2.61. The fourth-order valence-electron chi connectivity index (χ4n) is 1.75. The number of aryl methyl sites for hydroxylation is 3. The Hall–Kier alpha value is -1.15. The molecule has 0 spiro atoms. The fourth-order valence-corrected chi connectivity index (χ4v) is 1.99. The van der Waals surface area contributed by atoms with Gasteiger partial charge >= 0.3 is 0 Å². The van der Waals surface area contributed by atoms with E-state index in [0.29, 0.717) is 5.15 Å². The number of halogens is 1. The van der Waals surface area contributed by atoms with Gasteiger partial charge in [-0.15, -0.1) is 0 Å². The van der Waals surface area contributed by atoms with Gasteiger partial charge in [-0.1, -0.05) is 30.2 Å². The predicted octanol–water partition coefficient (Wildman–Crippen LogP) is 3.46. The first-order chi connectivity index (χ1) is 7.11. The van der Waals surface area contributed by atoms with Gasteiger partial charge in [-0.2, -0.15) is 0 Å². The van der Waals surface area contributed by atoms with Crippen LogP contribution in [0.5, 0.6) is 0 Å². The Morgan fingerprint density at radius 1 is 1.20 bits per heavy atom. The van der Waals surface area contributed by atoms with Crippen LogP contribution in [0.1, 0.15) is 23.9 Å². The van der Waals surface area contributed by atoms with Gasteiger partial charge in [0, 0.05) is 11.8 Å². The van der Waals surface area contributed by atoms with Gasteiger partial charge in [0.25, 0.3) is 0 Å². The summed E-state index contributed by atoms with van der Waals surface area (Å²) in [5.74, 6) is 0.805. The summed E-state index contributed by atoms with van der Waals surface area (Å²) in [6, 6.07) is 4.15. The van der Waals surface area contributed by atoms with Gasteiger partial charge in [-0.25, -0.2) is 9.97 Å². The average Bonchev–Trinajstić information content (AvgIpc) is 2.19. The van der Waals surface area contributed by atoms with Crippen LogP contribution in [0, 0.1) is 13.8 Å². The topological polar surface area (TPSA) is 25.8 Å². The molecule has 0 N–H and O–H groups in total. The number of hydrogen-bond donors (Lipinski definition) is 0. The van der Waals surface area contributed by atoms with Crippen molar-refractivity contribution in [2.45, 2.75) is 27.2 Å². The van der Waals surface area contributed by atoms with Crippen molar-refractivity contribution in [1.29, 1.82) is 0 Å². The van der Waals surface area contributed by atoms with E-state index in [2.05, 4.69) is 29.9 Å². The normalized spacial score (nSPS) is 10.9. The number of benzene rings is 1. The molecule has 2 nitrogen and oxygen atoms in total. The quantitative estimate of drug-likeness (QED) is 0.688. The minimum atomic E-state index is 0.559. The molecule has 2 aromatic rings. The molecular weight excluding hydrogens is 208 g/mol. The second-order valence-electron chi connectivity index (χ2n) is 3.76. The SMILES string of the molecule is CCc1nc(Cl)c2cc(C)cc(C)c2n1. The molecule has 1 heterocycles. The summed E-state index contributed by atoms with van der Waals surface area (Å²) in [7, 11) is 0. The van der Waals surface area contributed by atoms with Crippen molar-refractivity contribution in [2.24, 2.45) is 0 Å². The fraction of sp³-hybridized carbons (Fsp3) is 0.333. The van der Waals surface area contributed by atoms with Gasteiger partial charge in [0.1, 0.15) is 11.0 Å². The Morgan fingerprint density at radius 3 is 2.60 bits per heavy atom. The van der Waals surface area contributed by atoms with Crippen LogP contribution in [-0.4, -0.2) is 9.97 Å². The van der Waals surface area contributed by atoms with Gasteiger partial charge in [0.05, 0.1) is 5.52 Å². The monoisotopic (exact) mass is 220 g/mol. The molecule has 0 unspecified atom stereocenters. The highest BCUT2D eigenvalue weighted by molar-refractivity contribution is 6.34. The Balaban J connectivity index is 2.85. The molecule has 2 rings (SSSR count). The first-order valence-corrected chi connectivity index (χ1v) is 5.43. The first-order valence-electron chi connectivity index (χ1n) is 5.05. The lowest BCUT2D eigenvalue weighted by atomic mass is 10.1. The molecule has 0 radical (unpaired) electrons. The molecule has 15 heavy (non-hydrogen) atoms. The minimum Gasteiger partial charge on any atom is -0.233 e. The molecule has 0 aliphatic rings. The predicted molar refractivity (Wildman–Crippen MR) is 63.4 cm³/mol. The summed E-state index contributed by atoms with van der Waals surface area (Å²) in [4.78, 5) is 8.76. The summed E-state index contributed by atoms with van der Waals surface area (Å²) in [5, 5.41) is 1.51. The van der Waals surface area contributed by atoms with Crippen LogP contribution in [0.25, 0.3) is 10.9 Å². The molecule has 0 fully saturated rings. The van der Waals surface area contributed by atoms with Crippen molar-refractivity contribution in [2.75, 3.05) is 0 Å². The number of nitrogens with zero attached hydrogens (tertiary/aromatic N) is 2. The summed E-state index contributed by atoms with van der Waals surface area (Å²) in [6.45, 7) is 6.13. The van der Waals surface area contributed by atoms with Crippen molar-refractivity contribution < 1.29 is 0 Å². The first kappa shape index (κ1) is 10.4. The van der Waals surface area contributed by atoms with E-state index in [0.717, 1.165) is 28.7 Å². The molecule has 0 aliphatic carbocycles. The summed E-state index contributed by atoms with van der Waals surface area (Å²) >= 11 is 6.13. The zero-order valence-corrected chi connectivity index (χ0v) is 9.89. The zero-order valence-electron chi connectivity index (χ0n) is 9.13. The summed E-state index contributed by atoms with van der Waals surface area (Å²) in [6.07, 6.45) is 0.809. The third kappa shape index (κ3) is 1.82. The summed E-state index contributed by atoms with van der Waals surface area (Å²) in [5.41, 5.74) is 3.32. The lowest BCUT2D eigenvalue weighted by molar-refractivity contribution is 0.959. The Labute approximate surface area is 94.3 Å². The molecule has 0 amide bonds. The van der Waals surface area contributed by atoms with E-state index in [1.165, 1.54) is 5.56 Å². The lowest BCUT2D eigenvalue weighted by Crippen LogP contribution is -1.96. The van der Waals surface area contributed by atoms with Crippen LogP contribution in [0.4, 0.5) is 0 Å². The van der Waals surface area contributed by atoms with E-state index in [-0.39, 0.29) is 0 Å². The van der Waals surface area contributed by atoms with Gasteiger partial charge < -0.3 is 0 Å². The number of aromatic nitrogens is 2.